The van der Waals surface area contributed by atoms with Crippen molar-refractivity contribution in [3.05, 3.63) is 48.6 Å². The molecule has 9 nitrogen and oxygen atoms in total. The molecular formula is C62H117N2O7P. The van der Waals surface area contributed by atoms with Crippen molar-refractivity contribution in [3.8, 4) is 0 Å². The first kappa shape index (κ1) is 70.0. The molecule has 10 heteroatoms. The van der Waals surface area contributed by atoms with Crippen molar-refractivity contribution in [2.45, 2.75) is 296 Å². The highest BCUT2D eigenvalue weighted by Crippen LogP contribution is 2.38. The van der Waals surface area contributed by atoms with Crippen LogP contribution >= 0.6 is 7.82 Å². The van der Waals surface area contributed by atoms with Crippen molar-refractivity contribution in [2.24, 2.45) is 0 Å². The number of esters is 1. The average molecular weight is 1030 g/mol. The Hall–Kier alpha value is -2.03. The average Bonchev–Trinajstić information content (AvgIpc) is 3.34. The molecule has 0 aliphatic rings. The molecule has 0 fully saturated rings. The Morgan fingerprint density at radius 3 is 1.29 bits per heavy atom. The second kappa shape index (κ2) is 52.4. The quantitative estimate of drug-likeness (QED) is 0.0212. The number of likely N-dealkylation sites (N-methyl/N-ethyl adjacent to an activating group) is 1. The minimum Gasteiger partial charge on any atom is -0.756 e. The molecule has 0 rings (SSSR count). The minimum absolute atomic E-state index is 0.0235. The lowest BCUT2D eigenvalue weighted by atomic mass is 10.0. The fraction of sp³-hybridized carbons (Fsp3) is 0.839. The summed E-state index contributed by atoms with van der Waals surface area (Å²) < 4.78 is 30.3. The molecule has 0 aromatic rings. The van der Waals surface area contributed by atoms with Gasteiger partial charge in [-0.2, -0.15) is 0 Å². The van der Waals surface area contributed by atoms with Crippen molar-refractivity contribution in [2.75, 3.05) is 40.9 Å². The summed E-state index contributed by atoms with van der Waals surface area (Å²) in [6.45, 7) is 6.83. The molecule has 1 amide bonds. The zero-order chi connectivity index (χ0) is 52.9. The number of ether oxygens (including phenoxy) is 1. The number of amides is 1. The van der Waals surface area contributed by atoms with Gasteiger partial charge < -0.3 is 28.5 Å². The molecular weight excluding hydrogens is 916 g/mol. The van der Waals surface area contributed by atoms with Crippen molar-refractivity contribution in [1.82, 2.24) is 5.32 Å². The number of hydrogen-bond donors (Lipinski definition) is 1. The van der Waals surface area contributed by atoms with E-state index in [1.165, 1.54) is 167 Å². The first-order valence-corrected chi connectivity index (χ1v) is 31.9. The van der Waals surface area contributed by atoms with Crippen LogP contribution in [0.25, 0.3) is 0 Å². The van der Waals surface area contributed by atoms with Crippen molar-refractivity contribution >= 4 is 19.7 Å². The van der Waals surface area contributed by atoms with Crippen LogP contribution in [0.15, 0.2) is 48.6 Å². The van der Waals surface area contributed by atoms with E-state index < -0.39 is 20.0 Å². The first-order chi connectivity index (χ1) is 34.9. The smallest absolute Gasteiger partial charge is 0.306 e. The maximum Gasteiger partial charge on any atom is 0.306 e. The van der Waals surface area contributed by atoms with E-state index in [1.54, 1.807) is 0 Å². The van der Waals surface area contributed by atoms with Gasteiger partial charge in [-0.1, -0.05) is 250 Å². The lowest BCUT2D eigenvalue weighted by molar-refractivity contribution is -0.870. The molecule has 0 saturated heterocycles. The number of carbonyl (C=O) groups is 2. The Kier molecular flexibility index (Phi) is 50.9. The predicted molar refractivity (Wildman–Crippen MR) is 307 cm³/mol. The van der Waals surface area contributed by atoms with E-state index in [-0.39, 0.29) is 31.5 Å². The maximum atomic E-state index is 13.5. The third-order valence-corrected chi connectivity index (χ3v) is 14.5. The number of phosphoric ester groups is 1. The van der Waals surface area contributed by atoms with E-state index in [0.29, 0.717) is 17.4 Å². The Morgan fingerprint density at radius 1 is 0.486 bits per heavy atom. The minimum atomic E-state index is -4.70. The Bertz CT molecular complexity index is 1380. The second-order valence-corrected chi connectivity index (χ2v) is 23.3. The summed E-state index contributed by atoms with van der Waals surface area (Å²) in [5.74, 6) is -0.546. The largest absolute Gasteiger partial charge is 0.756 e. The van der Waals surface area contributed by atoms with Gasteiger partial charge >= 0.3 is 5.97 Å². The predicted octanol–water partition coefficient (Wildman–Crippen LogP) is 17.9. The molecule has 0 aromatic carbocycles. The van der Waals surface area contributed by atoms with E-state index in [2.05, 4.69) is 62.5 Å². The summed E-state index contributed by atoms with van der Waals surface area (Å²) in [4.78, 5) is 39.9. The maximum absolute atomic E-state index is 13.5. The second-order valence-electron chi connectivity index (χ2n) is 21.9. The van der Waals surface area contributed by atoms with E-state index in [1.807, 2.05) is 33.3 Å². The summed E-state index contributed by atoms with van der Waals surface area (Å²) >= 11 is 0. The fourth-order valence-corrected chi connectivity index (χ4v) is 9.49. The highest BCUT2D eigenvalue weighted by atomic mass is 31.2. The van der Waals surface area contributed by atoms with Gasteiger partial charge in [0.25, 0.3) is 7.82 Å². The highest BCUT2D eigenvalue weighted by molar-refractivity contribution is 7.45. The van der Waals surface area contributed by atoms with Crippen molar-refractivity contribution in [3.63, 3.8) is 0 Å². The van der Waals surface area contributed by atoms with Crippen LogP contribution in [0.2, 0.25) is 0 Å². The number of nitrogens with one attached hydrogen (secondary N) is 1. The van der Waals surface area contributed by atoms with E-state index >= 15 is 0 Å². The van der Waals surface area contributed by atoms with Gasteiger partial charge in [-0.05, 0) is 70.3 Å². The Balaban J connectivity index is 5.32. The number of quaternary nitrogens is 1. The molecule has 1 N–H and O–H groups in total. The molecule has 0 aliphatic carbocycles. The molecule has 3 atom stereocenters. The number of allylic oxidation sites excluding steroid dienone is 7. The lowest BCUT2D eigenvalue weighted by Gasteiger charge is -2.30. The van der Waals surface area contributed by atoms with Gasteiger partial charge in [0.1, 0.15) is 19.3 Å². The van der Waals surface area contributed by atoms with Gasteiger partial charge in [-0.25, -0.2) is 0 Å². The van der Waals surface area contributed by atoms with Crippen LogP contribution in [-0.4, -0.2) is 69.4 Å². The van der Waals surface area contributed by atoms with Gasteiger partial charge in [-0.15, -0.1) is 0 Å². The van der Waals surface area contributed by atoms with E-state index in [9.17, 15) is 19.0 Å². The number of rotatable bonds is 55. The normalized spacial score (nSPS) is 14.0. The zero-order valence-electron chi connectivity index (χ0n) is 48.1. The topological polar surface area (TPSA) is 114 Å². The van der Waals surface area contributed by atoms with Crippen molar-refractivity contribution < 1.29 is 37.3 Å². The van der Waals surface area contributed by atoms with Crippen LogP contribution < -0.4 is 10.2 Å². The van der Waals surface area contributed by atoms with Gasteiger partial charge in [0, 0.05) is 12.8 Å². The summed E-state index contributed by atoms with van der Waals surface area (Å²) in [7, 11) is 1.18. The van der Waals surface area contributed by atoms with Crippen molar-refractivity contribution in [1.29, 1.82) is 0 Å². The summed E-state index contributed by atoms with van der Waals surface area (Å²) in [6, 6.07) is -0.890. The van der Waals surface area contributed by atoms with Crippen LogP contribution in [0.4, 0.5) is 0 Å². The van der Waals surface area contributed by atoms with Crippen LogP contribution in [0, 0.1) is 0 Å². The molecule has 422 valence electrons. The number of carbonyl (C=O) groups excluding carboxylic acids is 2. The molecule has 0 bridgehead atoms. The zero-order valence-corrected chi connectivity index (χ0v) is 49.0. The van der Waals surface area contributed by atoms with Gasteiger partial charge in [0.15, 0.2) is 0 Å². The molecule has 0 radical (unpaired) electrons. The third kappa shape index (κ3) is 52.8. The van der Waals surface area contributed by atoms with Crippen LogP contribution in [-0.2, 0) is 27.9 Å². The lowest BCUT2D eigenvalue weighted by Crippen LogP contribution is -2.47. The van der Waals surface area contributed by atoms with Gasteiger partial charge in [0.2, 0.25) is 5.91 Å². The van der Waals surface area contributed by atoms with Gasteiger partial charge in [0.05, 0.1) is 33.8 Å². The highest BCUT2D eigenvalue weighted by Gasteiger charge is 2.27. The van der Waals surface area contributed by atoms with Crippen LogP contribution in [0.5, 0.6) is 0 Å². The summed E-state index contributed by atoms with van der Waals surface area (Å²) in [5, 5.41) is 3.03. The first-order valence-electron chi connectivity index (χ1n) is 30.4. The Morgan fingerprint density at radius 2 is 0.847 bits per heavy atom. The SMILES string of the molecule is CCCCC/C=C\C/C=C\C/C=C\CCCCCCCCC(=O)OC(/C=C/CCCCCCCCCCCCC)C(COP(=O)([O-])OCC[N+](C)(C)C)NC(=O)CCCCCCCCCCCCCCCC. The number of phosphoric acid groups is 1. The Labute approximate surface area is 446 Å². The van der Waals surface area contributed by atoms with Crippen LogP contribution in [0.3, 0.4) is 0 Å². The third-order valence-electron chi connectivity index (χ3n) is 13.5. The molecule has 0 aromatic heterocycles. The molecule has 0 heterocycles. The molecule has 72 heavy (non-hydrogen) atoms. The van der Waals surface area contributed by atoms with Crippen LogP contribution in [0.1, 0.15) is 284 Å². The molecule has 3 unspecified atom stereocenters. The standard InChI is InChI=1S/C62H117N2O7P/c1-7-10-13-16-19-22-25-28-30-31-32-33-34-37-40-43-46-49-52-55-62(66)71-60(53-50-47-44-41-38-35-27-24-21-18-15-12-9-3)59(58-70-72(67,68)69-57-56-64(4,5)6)63-61(65)54-51-48-45-42-39-36-29-26-23-20-17-14-11-8-2/h19,22,28,30,32-33,50,53,59-60H,7-18,20-21,23-27,29,31,34-49,51-52,54-58H2,1-6H3,(H-,63,65,67,68)/b22-19-,30-28-,33-32-,53-50+. The summed E-state index contributed by atoms with van der Waals surface area (Å²) in [6.07, 6.45) is 63.5. The molecule has 0 saturated carbocycles. The summed E-state index contributed by atoms with van der Waals surface area (Å²) in [5.41, 5.74) is 0. The fourth-order valence-electron chi connectivity index (χ4n) is 8.76. The monoisotopic (exact) mass is 1030 g/mol. The molecule has 0 aliphatic heterocycles. The molecule has 0 spiro atoms. The number of nitrogens with zero attached hydrogens (tertiary/aromatic N) is 1. The number of unbranched alkanes of at least 4 members (excludes halogenated alkanes) is 33. The number of hydrogen-bond acceptors (Lipinski definition) is 7. The van der Waals surface area contributed by atoms with Gasteiger partial charge in [-0.3, -0.25) is 14.2 Å². The van der Waals surface area contributed by atoms with E-state index in [0.717, 1.165) is 83.5 Å². The van der Waals surface area contributed by atoms with E-state index in [4.69, 9.17) is 13.8 Å².